The predicted molar refractivity (Wildman–Crippen MR) is 80.8 cm³/mol. The molecule has 106 valence electrons. The zero-order chi connectivity index (χ0) is 14.0. The lowest BCUT2D eigenvalue weighted by molar-refractivity contribution is 0.212. The van der Waals surface area contributed by atoms with Crippen LogP contribution in [0.25, 0.3) is 0 Å². The lowest BCUT2D eigenvalue weighted by Gasteiger charge is -2.49. The number of hydrogen-bond acceptors (Lipinski definition) is 3. The molecule has 2 N–H and O–H groups in total. The summed E-state index contributed by atoms with van der Waals surface area (Å²) in [5.74, 6) is 0.554. The normalized spacial score (nSPS) is 22.8. The molecule has 1 aromatic carbocycles. The smallest absolute Gasteiger partial charge is 0.0651 e. The van der Waals surface area contributed by atoms with E-state index in [9.17, 15) is 5.11 Å². The Morgan fingerprint density at radius 2 is 1.95 bits per heavy atom. The summed E-state index contributed by atoms with van der Waals surface area (Å²) >= 11 is 0. The van der Waals surface area contributed by atoms with E-state index < -0.39 is 0 Å². The standard InChI is InChI=1S/C16H26N2O/c1-12(2)13-5-7-14(8-6-13)18-15(10-19)9-17-11-16(18,3)4/h5-8,12,15,17,19H,9-11H2,1-4H3. The third kappa shape index (κ3) is 2.93. The van der Waals surface area contributed by atoms with Gasteiger partial charge in [0.25, 0.3) is 0 Å². The first kappa shape index (κ1) is 14.4. The van der Waals surface area contributed by atoms with E-state index >= 15 is 0 Å². The van der Waals surface area contributed by atoms with Gasteiger partial charge in [-0.1, -0.05) is 26.0 Å². The molecule has 3 nitrogen and oxygen atoms in total. The van der Waals surface area contributed by atoms with Crippen LogP contribution in [-0.2, 0) is 0 Å². The van der Waals surface area contributed by atoms with Crippen molar-refractivity contribution < 1.29 is 5.11 Å². The first-order valence-electron chi connectivity index (χ1n) is 7.16. The molecule has 0 bridgehead atoms. The molecule has 1 saturated heterocycles. The zero-order valence-electron chi connectivity index (χ0n) is 12.5. The van der Waals surface area contributed by atoms with Crippen LogP contribution in [0, 0.1) is 0 Å². The number of rotatable bonds is 3. The zero-order valence-corrected chi connectivity index (χ0v) is 12.5. The minimum absolute atomic E-state index is 0.0188. The highest BCUT2D eigenvalue weighted by molar-refractivity contribution is 5.52. The number of piperazine rings is 1. The molecular formula is C16H26N2O. The summed E-state index contributed by atoms with van der Waals surface area (Å²) in [4.78, 5) is 2.35. The van der Waals surface area contributed by atoms with Gasteiger partial charge in [0.2, 0.25) is 0 Å². The molecule has 0 spiro atoms. The highest BCUT2D eigenvalue weighted by Crippen LogP contribution is 2.29. The van der Waals surface area contributed by atoms with Crippen LogP contribution in [0.2, 0.25) is 0 Å². The highest BCUT2D eigenvalue weighted by Gasteiger charge is 2.35. The van der Waals surface area contributed by atoms with Gasteiger partial charge in [-0.3, -0.25) is 0 Å². The van der Waals surface area contributed by atoms with Crippen LogP contribution in [0.1, 0.15) is 39.2 Å². The average Bonchev–Trinajstić information content (AvgIpc) is 2.37. The van der Waals surface area contributed by atoms with Crippen molar-refractivity contribution in [2.24, 2.45) is 0 Å². The van der Waals surface area contributed by atoms with Gasteiger partial charge in [-0.05, 0) is 37.5 Å². The molecule has 0 aliphatic carbocycles. The van der Waals surface area contributed by atoms with Crippen LogP contribution in [0.15, 0.2) is 24.3 Å². The van der Waals surface area contributed by atoms with Crippen LogP contribution in [0.5, 0.6) is 0 Å². The Bertz CT molecular complexity index is 411. The summed E-state index contributed by atoms with van der Waals surface area (Å²) in [6.45, 7) is 10.8. The van der Waals surface area contributed by atoms with Gasteiger partial charge in [0.1, 0.15) is 0 Å². The summed E-state index contributed by atoms with van der Waals surface area (Å²) in [6.07, 6.45) is 0. The summed E-state index contributed by atoms with van der Waals surface area (Å²) in [6, 6.07) is 8.92. The number of nitrogens with one attached hydrogen (secondary N) is 1. The second-order valence-corrected chi connectivity index (χ2v) is 6.40. The van der Waals surface area contributed by atoms with Crippen molar-refractivity contribution >= 4 is 5.69 Å². The minimum Gasteiger partial charge on any atom is -0.394 e. The maximum atomic E-state index is 9.62. The maximum Gasteiger partial charge on any atom is 0.0651 e. The van der Waals surface area contributed by atoms with Gasteiger partial charge >= 0.3 is 0 Å². The second kappa shape index (κ2) is 5.51. The fraction of sp³-hybridized carbons (Fsp3) is 0.625. The fourth-order valence-electron chi connectivity index (χ4n) is 2.94. The van der Waals surface area contributed by atoms with Crippen molar-refractivity contribution in [3.8, 4) is 0 Å². The molecule has 1 aliphatic rings. The molecule has 2 rings (SSSR count). The van der Waals surface area contributed by atoms with Crippen molar-refractivity contribution in [2.45, 2.75) is 45.2 Å². The molecule has 0 saturated carbocycles. The Kier molecular flexibility index (Phi) is 4.16. The van der Waals surface area contributed by atoms with Crippen LogP contribution < -0.4 is 10.2 Å². The maximum absolute atomic E-state index is 9.62. The third-order valence-electron chi connectivity index (χ3n) is 4.00. The molecule has 0 radical (unpaired) electrons. The van der Waals surface area contributed by atoms with Crippen molar-refractivity contribution in [3.05, 3.63) is 29.8 Å². The molecule has 0 aromatic heterocycles. The lowest BCUT2D eigenvalue weighted by atomic mass is 9.94. The summed E-state index contributed by atoms with van der Waals surface area (Å²) in [5, 5.41) is 13.0. The number of benzene rings is 1. The van der Waals surface area contributed by atoms with Crippen molar-refractivity contribution in [1.29, 1.82) is 0 Å². The first-order chi connectivity index (χ1) is 8.95. The monoisotopic (exact) mass is 262 g/mol. The van der Waals surface area contributed by atoms with Gasteiger partial charge in [0.05, 0.1) is 12.6 Å². The van der Waals surface area contributed by atoms with E-state index in [1.165, 1.54) is 11.3 Å². The van der Waals surface area contributed by atoms with Crippen LogP contribution in [0.4, 0.5) is 5.69 Å². The van der Waals surface area contributed by atoms with Crippen molar-refractivity contribution in [3.63, 3.8) is 0 Å². The molecule has 0 amide bonds. The Hall–Kier alpha value is -1.06. The van der Waals surface area contributed by atoms with E-state index in [1.54, 1.807) is 0 Å². The van der Waals surface area contributed by atoms with E-state index in [2.05, 4.69) is 62.2 Å². The van der Waals surface area contributed by atoms with E-state index in [1.807, 2.05) is 0 Å². The topological polar surface area (TPSA) is 35.5 Å². The van der Waals surface area contributed by atoms with Gasteiger partial charge < -0.3 is 15.3 Å². The largest absolute Gasteiger partial charge is 0.394 e. The Labute approximate surface area is 116 Å². The van der Waals surface area contributed by atoms with Crippen molar-refractivity contribution in [2.75, 3.05) is 24.6 Å². The molecule has 1 fully saturated rings. The van der Waals surface area contributed by atoms with E-state index in [0.29, 0.717) is 5.92 Å². The summed E-state index contributed by atoms with van der Waals surface area (Å²) < 4.78 is 0. The number of aliphatic hydroxyl groups excluding tert-OH is 1. The number of aliphatic hydroxyl groups is 1. The SMILES string of the molecule is CC(C)c1ccc(N2C(CO)CNCC2(C)C)cc1. The quantitative estimate of drug-likeness (QED) is 0.878. The molecule has 1 aliphatic heterocycles. The summed E-state index contributed by atoms with van der Waals surface area (Å²) in [5.41, 5.74) is 2.58. The number of nitrogens with zero attached hydrogens (tertiary/aromatic N) is 1. The Morgan fingerprint density at radius 1 is 1.32 bits per heavy atom. The van der Waals surface area contributed by atoms with E-state index in [0.717, 1.165) is 13.1 Å². The van der Waals surface area contributed by atoms with Crippen LogP contribution >= 0.6 is 0 Å². The van der Waals surface area contributed by atoms with E-state index in [4.69, 9.17) is 0 Å². The fourth-order valence-corrected chi connectivity index (χ4v) is 2.94. The summed E-state index contributed by atoms with van der Waals surface area (Å²) in [7, 11) is 0. The molecule has 19 heavy (non-hydrogen) atoms. The Balaban J connectivity index is 2.30. The number of hydrogen-bond donors (Lipinski definition) is 2. The lowest BCUT2D eigenvalue weighted by Crippen LogP contribution is -2.64. The van der Waals surface area contributed by atoms with Crippen molar-refractivity contribution in [1.82, 2.24) is 5.32 Å². The van der Waals surface area contributed by atoms with Gasteiger partial charge in [-0.2, -0.15) is 0 Å². The molecule has 1 unspecified atom stereocenters. The van der Waals surface area contributed by atoms with Crippen LogP contribution in [0.3, 0.4) is 0 Å². The van der Waals surface area contributed by atoms with Gasteiger partial charge in [-0.15, -0.1) is 0 Å². The van der Waals surface area contributed by atoms with Gasteiger partial charge in [0, 0.05) is 24.3 Å². The van der Waals surface area contributed by atoms with E-state index in [-0.39, 0.29) is 18.2 Å². The second-order valence-electron chi connectivity index (χ2n) is 6.40. The van der Waals surface area contributed by atoms with Crippen LogP contribution in [-0.4, -0.2) is 36.4 Å². The minimum atomic E-state index is 0.0188. The Morgan fingerprint density at radius 3 is 2.47 bits per heavy atom. The predicted octanol–water partition coefficient (Wildman–Crippen LogP) is 2.36. The molecule has 1 aromatic rings. The molecule has 1 atom stereocenters. The van der Waals surface area contributed by atoms with Gasteiger partial charge in [-0.25, -0.2) is 0 Å². The molecule has 3 heteroatoms. The number of anilines is 1. The highest BCUT2D eigenvalue weighted by atomic mass is 16.3. The average molecular weight is 262 g/mol. The first-order valence-corrected chi connectivity index (χ1v) is 7.16. The third-order valence-corrected chi connectivity index (χ3v) is 4.00. The molecular weight excluding hydrogens is 236 g/mol. The molecule has 1 heterocycles. The van der Waals surface area contributed by atoms with Gasteiger partial charge in [0.15, 0.2) is 0 Å².